The highest BCUT2D eigenvalue weighted by atomic mass is 32.2. The van der Waals surface area contributed by atoms with Crippen molar-refractivity contribution in [3.63, 3.8) is 0 Å². The molecule has 0 saturated heterocycles. The van der Waals surface area contributed by atoms with Gasteiger partial charge < -0.3 is 0 Å². The van der Waals surface area contributed by atoms with Crippen LogP contribution in [-0.4, -0.2) is 24.4 Å². The van der Waals surface area contributed by atoms with Crippen molar-refractivity contribution in [3.8, 4) is 0 Å². The van der Waals surface area contributed by atoms with E-state index in [1.807, 2.05) is 6.92 Å². The molecule has 0 amide bonds. The summed E-state index contributed by atoms with van der Waals surface area (Å²) < 4.78 is 27.5. The average molecular weight is 311 g/mol. The second kappa shape index (κ2) is 5.51. The molecular weight excluding hydrogens is 290 g/mol. The third-order valence-corrected chi connectivity index (χ3v) is 6.36. The molecule has 4 N–H and O–H groups in total. The molecule has 0 aliphatic heterocycles. The van der Waals surface area contributed by atoms with Crippen molar-refractivity contribution in [3.05, 3.63) is 12.4 Å². The van der Waals surface area contributed by atoms with E-state index in [4.69, 9.17) is 5.84 Å². The van der Waals surface area contributed by atoms with Gasteiger partial charge >= 0.3 is 0 Å². The van der Waals surface area contributed by atoms with E-state index >= 15 is 0 Å². The highest BCUT2D eigenvalue weighted by Gasteiger charge is 2.42. The first-order chi connectivity index (χ1) is 9.99. The minimum Gasteiger partial charge on any atom is -0.292 e. The monoisotopic (exact) mass is 311 g/mol. The maximum atomic E-state index is 12.4. The van der Waals surface area contributed by atoms with Gasteiger partial charge in [-0.3, -0.25) is 5.43 Å². The minimum atomic E-state index is -3.58. The van der Waals surface area contributed by atoms with E-state index in [0.29, 0.717) is 11.8 Å². The summed E-state index contributed by atoms with van der Waals surface area (Å²) in [4.78, 5) is 7.75. The number of hydrogen-bond acceptors (Lipinski definition) is 6. The Labute approximate surface area is 124 Å². The highest BCUT2D eigenvalue weighted by molar-refractivity contribution is 7.89. The molecule has 2 saturated carbocycles. The Hall–Kier alpha value is -1.25. The van der Waals surface area contributed by atoms with Gasteiger partial charge in [-0.2, -0.15) is 0 Å². The Morgan fingerprint density at radius 2 is 2.00 bits per heavy atom. The van der Waals surface area contributed by atoms with E-state index in [1.165, 1.54) is 31.7 Å². The molecule has 21 heavy (non-hydrogen) atoms. The molecule has 8 heteroatoms. The summed E-state index contributed by atoms with van der Waals surface area (Å²) in [6.45, 7) is 1.96. The average Bonchev–Trinajstić information content (AvgIpc) is 3.09. The fraction of sp³-hybridized carbons (Fsp3) is 0.692. The van der Waals surface area contributed by atoms with Gasteiger partial charge in [-0.15, -0.1) is 0 Å². The molecule has 0 aromatic carbocycles. The van der Waals surface area contributed by atoms with Crippen LogP contribution in [0.25, 0.3) is 0 Å². The van der Waals surface area contributed by atoms with Crippen LogP contribution in [0.1, 0.15) is 32.6 Å². The number of aromatic nitrogens is 2. The van der Waals surface area contributed by atoms with Gasteiger partial charge in [-0.25, -0.2) is 29.0 Å². The highest BCUT2D eigenvalue weighted by Crippen LogP contribution is 2.49. The van der Waals surface area contributed by atoms with Crippen molar-refractivity contribution in [1.29, 1.82) is 0 Å². The van der Waals surface area contributed by atoms with Crippen LogP contribution < -0.4 is 16.0 Å². The Morgan fingerprint density at radius 3 is 2.52 bits per heavy atom. The van der Waals surface area contributed by atoms with Gasteiger partial charge in [0, 0.05) is 6.04 Å². The molecule has 2 fully saturated rings. The molecule has 1 aromatic rings. The van der Waals surface area contributed by atoms with Gasteiger partial charge in [-0.05, 0) is 43.9 Å². The number of nitrogen functional groups attached to an aromatic ring is 1. The fourth-order valence-corrected chi connectivity index (χ4v) is 5.02. The first kappa shape index (κ1) is 14.7. The number of rotatable bonds is 5. The van der Waals surface area contributed by atoms with Crippen molar-refractivity contribution in [1.82, 2.24) is 14.7 Å². The number of fused-ring (bicyclic) bond motifs is 2. The van der Waals surface area contributed by atoms with E-state index in [2.05, 4.69) is 20.1 Å². The van der Waals surface area contributed by atoms with Crippen LogP contribution in [0.3, 0.4) is 0 Å². The molecule has 1 aromatic heterocycles. The maximum absolute atomic E-state index is 12.4. The summed E-state index contributed by atoms with van der Waals surface area (Å²) in [5.74, 6) is 7.28. The number of sulfonamides is 1. The molecule has 7 nitrogen and oxygen atoms in total. The zero-order valence-corrected chi connectivity index (χ0v) is 12.8. The standard InChI is InChI=1S/C13H21N5O2S/c1-8(12-5-9-2-3-10(12)4-9)18-21(19,20)11-6-15-13(17-14)16-7-11/h6-10,12,18H,2-5,14H2,1H3,(H,15,16,17). The smallest absolute Gasteiger partial charge is 0.243 e. The van der Waals surface area contributed by atoms with E-state index in [9.17, 15) is 8.42 Å². The predicted molar refractivity (Wildman–Crippen MR) is 78.6 cm³/mol. The molecule has 0 spiro atoms. The third kappa shape index (κ3) is 2.88. The van der Waals surface area contributed by atoms with Gasteiger partial charge in [0.05, 0.1) is 12.4 Å². The number of hydrogen-bond donors (Lipinski definition) is 3. The number of hydrazine groups is 1. The molecule has 2 aliphatic rings. The van der Waals surface area contributed by atoms with Crippen LogP contribution in [0, 0.1) is 17.8 Å². The van der Waals surface area contributed by atoms with E-state index in [1.54, 1.807) is 0 Å². The van der Waals surface area contributed by atoms with E-state index in [-0.39, 0.29) is 16.9 Å². The molecule has 3 rings (SSSR count). The second-order valence-corrected chi connectivity index (χ2v) is 7.85. The first-order valence-corrected chi connectivity index (χ1v) is 8.79. The molecule has 2 bridgehead atoms. The molecule has 4 unspecified atom stereocenters. The van der Waals surface area contributed by atoms with E-state index < -0.39 is 10.0 Å². The molecule has 4 atom stereocenters. The lowest BCUT2D eigenvalue weighted by molar-refractivity contribution is 0.280. The lowest BCUT2D eigenvalue weighted by Crippen LogP contribution is -2.40. The second-order valence-electron chi connectivity index (χ2n) is 6.14. The quantitative estimate of drug-likeness (QED) is 0.549. The van der Waals surface area contributed by atoms with Gasteiger partial charge in [-0.1, -0.05) is 6.42 Å². The van der Waals surface area contributed by atoms with Crippen LogP contribution in [0.15, 0.2) is 17.3 Å². The third-order valence-electron chi connectivity index (χ3n) is 4.84. The normalized spacial score (nSPS) is 29.5. The summed E-state index contributed by atoms with van der Waals surface area (Å²) >= 11 is 0. The zero-order valence-electron chi connectivity index (χ0n) is 12.0. The Kier molecular flexibility index (Phi) is 3.85. The summed E-state index contributed by atoms with van der Waals surface area (Å²) in [7, 11) is -3.58. The van der Waals surface area contributed by atoms with Crippen molar-refractivity contribution in [2.24, 2.45) is 23.6 Å². The Balaban J connectivity index is 1.70. The Morgan fingerprint density at radius 1 is 1.29 bits per heavy atom. The SMILES string of the molecule is CC(NS(=O)(=O)c1cnc(NN)nc1)C1CC2CCC1C2. The largest absolute Gasteiger partial charge is 0.292 e. The molecule has 116 valence electrons. The first-order valence-electron chi connectivity index (χ1n) is 7.30. The summed E-state index contributed by atoms with van der Waals surface area (Å²) in [6, 6.07) is -0.0578. The Bertz CT molecular complexity index is 603. The molecule has 2 aliphatic carbocycles. The molecule has 0 radical (unpaired) electrons. The fourth-order valence-electron chi connectivity index (χ4n) is 3.84. The van der Waals surface area contributed by atoms with Crippen LogP contribution >= 0.6 is 0 Å². The van der Waals surface area contributed by atoms with Crippen molar-refractivity contribution < 1.29 is 8.42 Å². The van der Waals surface area contributed by atoms with Crippen LogP contribution in [0.2, 0.25) is 0 Å². The van der Waals surface area contributed by atoms with Crippen LogP contribution in [-0.2, 0) is 10.0 Å². The van der Waals surface area contributed by atoms with E-state index in [0.717, 1.165) is 12.3 Å². The minimum absolute atomic E-state index is 0.0578. The van der Waals surface area contributed by atoms with Crippen molar-refractivity contribution >= 4 is 16.0 Å². The molecular formula is C13H21N5O2S. The maximum Gasteiger partial charge on any atom is 0.243 e. The number of nitrogens with two attached hydrogens (primary N) is 1. The van der Waals surface area contributed by atoms with Gasteiger partial charge in [0.25, 0.3) is 0 Å². The number of anilines is 1. The number of nitrogens with zero attached hydrogens (tertiary/aromatic N) is 2. The zero-order chi connectivity index (χ0) is 15.0. The summed E-state index contributed by atoms with van der Waals surface area (Å²) in [5.41, 5.74) is 2.27. The van der Waals surface area contributed by atoms with Gasteiger partial charge in [0.2, 0.25) is 16.0 Å². The van der Waals surface area contributed by atoms with Gasteiger partial charge in [0.1, 0.15) is 4.90 Å². The lowest BCUT2D eigenvalue weighted by Gasteiger charge is -2.28. The summed E-state index contributed by atoms with van der Waals surface area (Å²) in [6.07, 6.45) is 7.47. The predicted octanol–water partition coefficient (Wildman–Crippen LogP) is 0.865. The van der Waals surface area contributed by atoms with Crippen LogP contribution in [0.5, 0.6) is 0 Å². The van der Waals surface area contributed by atoms with Crippen LogP contribution in [0.4, 0.5) is 5.95 Å². The van der Waals surface area contributed by atoms with Crippen molar-refractivity contribution in [2.45, 2.75) is 43.5 Å². The van der Waals surface area contributed by atoms with Gasteiger partial charge in [0.15, 0.2) is 0 Å². The summed E-state index contributed by atoms with van der Waals surface area (Å²) in [5, 5.41) is 0. The topological polar surface area (TPSA) is 110 Å². The van der Waals surface area contributed by atoms with Crippen molar-refractivity contribution in [2.75, 3.05) is 5.43 Å². The number of nitrogens with one attached hydrogen (secondary N) is 2. The lowest BCUT2D eigenvalue weighted by atomic mass is 9.84. The molecule has 1 heterocycles.